The lowest BCUT2D eigenvalue weighted by atomic mass is 9.89. The van der Waals surface area contributed by atoms with Crippen LogP contribution < -0.4 is 5.46 Å². The van der Waals surface area contributed by atoms with Gasteiger partial charge in [-0.2, -0.15) is 0 Å². The molecule has 0 aromatic heterocycles. The lowest BCUT2D eigenvalue weighted by Gasteiger charge is -2.06. The maximum atomic E-state index is 12.9. The minimum atomic E-state index is -0.623. The Morgan fingerprint density at radius 1 is 1.45 bits per heavy atom. The van der Waals surface area contributed by atoms with Gasteiger partial charge in [0.15, 0.2) is 11.6 Å². The molecule has 0 bridgehead atoms. The summed E-state index contributed by atoms with van der Waals surface area (Å²) in [5.41, 5.74) is 1.14. The summed E-state index contributed by atoms with van der Waals surface area (Å²) in [6.07, 6.45) is 0. The quantitative estimate of drug-likeness (QED) is 0.545. The number of phenols is 1. The molecule has 0 spiro atoms. The lowest BCUT2D eigenvalue weighted by molar-refractivity contribution is 0.427. The van der Waals surface area contributed by atoms with E-state index >= 15 is 0 Å². The van der Waals surface area contributed by atoms with Crippen LogP contribution >= 0.6 is 0 Å². The molecule has 0 saturated carbocycles. The fourth-order valence-corrected chi connectivity index (χ4v) is 0.887. The van der Waals surface area contributed by atoms with Gasteiger partial charge in [-0.15, -0.1) is 0 Å². The van der Waals surface area contributed by atoms with Crippen LogP contribution in [0.25, 0.3) is 0 Å². The maximum Gasteiger partial charge on any atom is 0.167 e. The number of aromatic hydroxyl groups is 1. The van der Waals surface area contributed by atoms with Gasteiger partial charge in [-0.1, -0.05) is 11.5 Å². The molecule has 1 N–H and O–H groups in total. The second-order valence-electron chi connectivity index (χ2n) is 2.57. The third-order valence-electron chi connectivity index (χ3n) is 1.72. The molecule has 0 fully saturated rings. The van der Waals surface area contributed by atoms with Crippen molar-refractivity contribution in [3.8, 4) is 5.75 Å². The Morgan fingerprint density at radius 2 is 2.00 bits per heavy atom. The molecular weight excluding hydrogens is 142 g/mol. The highest BCUT2D eigenvalue weighted by Gasteiger charge is 2.08. The van der Waals surface area contributed by atoms with E-state index in [1.165, 1.54) is 6.92 Å². The molecule has 2 radical (unpaired) electrons. The number of phenolic OH excluding ortho intramolecular Hbond substituents is 1. The molecule has 0 atom stereocenters. The van der Waals surface area contributed by atoms with Gasteiger partial charge in [0.1, 0.15) is 7.85 Å². The zero-order chi connectivity index (χ0) is 8.59. The Bertz CT molecular complexity index is 270. The number of hydrogen-bond donors (Lipinski definition) is 1. The number of aryl methyl sites for hydroxylation is 1. The van der Waals surface area contributed by atoms with Crippen molar-refractivity contribution in [1.29, 1.82) is 0 Å². The van der Waals surface area contributed by atoms with Gasteiger partial charge in [0, 0.05) is 0 Å². The number of rotatable bonds is 0. The van der Waals surface area contributed by atoms with Crippen molar-refractivity contribution in [3.63, 3.8) is 0 Å². The maximum absolute atomic E-state index is 12.9. The topological polar surface area (TPSA) is 20.2 Å². The van der Waals surface area contributed by atoms with Gasteiger partial charge < -0.3 is 5.11 Å². The Labute approximate surface area is 66.3 Å². The molecule has 0 aliphatic carbocycles. The molecule has 3 heteroatoms. The van der Waals surface area contributed by atoms with Crippen LogP contribution in [0.1, 0.15) is 11.1 Å². The number of halogens is 1. The van der Waals surface area contributed by atoms with E-state index in [-0.39, 0.29) is 5.75 Å². The van der Waals surface area contributed by atoms with Crippen LogP contribution in [0.4, 0.5) is 4.39 Å². The van der Waals surface area contributed by atoms with Crippen LogP contribution in [0.3, 0.4) is 0 Å². The van der Waals surface area contributed by atoms with Crippen molar-refractivity contribution in [2.75, 3.05) is 0 Å². The SMILES string of the molecule is [B]c1cc(C)c(O)c(F)c1C. The summed E-state index contributed by atoms with van der Waals surface area (Å²) in [6.45, 7) is 3.14. The summed E-state index contributed by atoms with van der Waals surface area (Å²) in [5.74, 6) is -0.931. The molecule has 1 aromatic rings. The number of benzene rings is 1. The van der Waals surface area contributed by atoms with Gasteiger partial charge in [-0.25, -0.2) is 4.39 Å². The highest BCUT2D eigenvalue weighted by molar-refractivity contribution is 6.33. The van der Waals surface area contributed by atoms with E-state index in [9.17, 15) is 4.39 Å². The first kappa shape index (κ1) is 8.11. The van der Waals surface area contributed by atoms with E-state index < -0.39 is 5.82 Å². The van der Waals surface area contributed by atoms with Gasteiger partial charge in [0.05, 0.1) is 0 Å². The van der Waals surface area contributed by atoms with Crippen LogP contribution in [0.5, 0.6) is 5.75 Å². The van der Waals surface area contributed by atoms with Crippen LogP contribution in [0.2, 0.25) is 0 Å². The van der Waals surface area contributed by atoms with Crippen molar-refractivity contribution in [3.05, 3.63) is 23.0 Å². The molecule has 1 rings (SSSR count). The largest absolute Gasteiger partial charge is 0.505 e. The van der Waals surface area contributed by atoms with Crippen molar-refractivity contribution < 1.29 is 9.50 Å². The molecule has 0 heterocycles. The minimum Gasteiger partial charge on any atom is -0.505 e. The Kier molecular flexibility index (Phi) is 1.89. The van der Waals surface area contributed by atoms with E-state index in [1.807, 2.05) is 0 Å². The average Bonchev–Trinajstić information content (AvgIpc) is 1.97. The van der Waals surface area contributed by atoms with Gasteiger partial charge in [0.2, 0.25) is 0 Å². The van der Waals surface area contributed by atoms with E-state index in [1.54, 1.807) is 13.0 Å². The predicted molar refractivity (Wildman–Crippen MR) is 42.9 cm³/mol. The third-order valence-corrected chi connectivity index (χ3v) is 1.72. The van der Waals surface area contributed by atoms with Crippen LogP contribution in [-0.2, 0) is 0 Å². The zero-order valence-electron chi connectivity index (χ0n) is 6.48. The molecule has 1 aromatic carbocycles. The zero-order valence-corrected chi connectivity index (χ0v) is 6.48. The molecule has 0 aliphatic heterocycles. The van der Waals surface area contributed by atoms with Gasteiger partial charge in [-0.3, -0.25) is 0 Å². The third kappa shape index (κ3) is 1.23. The first-order valence-corrected chi connectivity index (χ1v) is 3.28. The highest BCUT2D eigenvalue weighted by Crippen LogP contribution is 2.20. The van der Waals surface area contributed by atoms with E-state index in [0.29, 0.717) is 16.6 Å². The summed E-state index contributed by atoms with van der Waals surface area (Å²) in [5, 5.41) is 9.08. The predicted octanol–water partition coefficient (Wildman–Crippen LogP) is 0.942. The first-order valence-electron chi connectivity index (χ1n) is 3.28. The van der Waals surface area contributed by atoms with Crippen LogP contribution in [-0.4, -0.2) is 13.0 Å². The smallest absolute Gasteiger partial charge is 0.167 e. The molecule has 0 aliphatic rings. The van der Waals surface area contributed by atoms with Gasteiger partial charge in [0.25, 0.3) is 0 Å². The van der Waals surface area contributed by atoms with Gasteiger partial charge in [-0.05, 0) is 25.0 Å². The molecule has 1 nitrogen and oxygen atoms in total. The monoisotopic (exact) mass is 150 g/mol. The first-order chi connectivity index (χ1) is 5.04. The van der Waals surface area contributed by atoms with Crippen molar-refractivity contribution in [2.45, 2.75) is 13.8 Å². The van der Waals surface area contributed by atoms with Crippen LogP contribution in [0, 0.1) is 19.7 Å². The summed E-state index contributed by atoms with van der Waals surface area (Å²) >= 11 is 0. The second-order valence-corrected chi connectivity index (χ2v) is 2.57. The average molecular weight is 150 g/mol. The Hall–Kier alpha value is -0.985. The molecular formula is C8H8BFO. The molecule has 11 heavy (non-hydrogen) atoms. The lowest BCUT2D eigenvalue weighted by Crippen LogP contribution is -2.10. The van der Waals surface area contributed by atoms with Crippen molar-refractivity contribution >= 4 is 13.3 Å². The summed E-state index contributed by atoms with van der Waals surface area (Å²) < 4.78 is 12.9. The number of hydrogen-bond acceptors (Lipinski definition) is 1. The Balaban J connectivity index is 3.46. The van der Waals surface area contributed by atoms with Gasteiger partial charge >= 0.3 is 0 Å². The normalized spacial score (nSPS) is 10.1. The molecule has 0 unspecified atom stereocenters. The second kappa shape index (κ2) is 2.57. The van der Waals surface area contributed by atoms with Crippen molar-refractivity contribution in [1.82, 2.24) is 0 Å². The van der Waals surface area contributed by atoms with E-state index in [4.69, 9.17) is 13.0 Å². The fraction of sp³-hybridized carbons (Fsp3) is 0.250. The highest BCUT2D eigenvalue weighted by atomic mass is 19.1. The van der Waals surface area contributed by atoms with E-state index in [2.05, 4.69) is 0 Å². The summed E-state index contributed by atoms with van der Waals surface area (Å²) in [7, 11) is 5.44. The fourth-order valence-electron chi connectivity index (χ4n) is 0.887. The van der Waals surface area contributed by atoms with E-state index in [0.717, 1.165) is 0 Å². The van der Waals surface area contributed by atoms with Crippen molar-refractivity contribution in [2.24, 2.45) is 0 Å². The minimum absolute atomic E-state index is 0.299. The standard InChI is InChI=1S/C8H8BFO/c1-4-3-6(9)5(2)7(10)8(4)11/h3,11H,1-2H3. The Morgan fingerprint density at radius 3 is 2.55 bits per heavy atom. The molecule has 0 amide bonds. The molecule has 56 valence electrons. The van der Waals surface area contributed by atoms with Crippen LogP contribution in [0.15, 0.2) is 6.07 Å². The summed E-state index contributed by atoms with van der Waals surface area (Å²) in [4.78, 5) is 0. The molecule has 0 saturated heterocycles. The summed E-state index contributed by atoms with van der Waals surface area (Å²) in [6, 6.07) is 1.55.